The van der Waals surface area contributed by atoms with Crippen molar-refractivity contribution in [1.82, 2.24) is 0 Å². The summed E-state index contributed by atoms with van der Waals surface area (Å²) in [4.78, 5) is 0. The highest BCUT2D eigenvalue weighted by atomic mass is 28.4. The summed E-state index contributed by atoms with van der Waals surface area (Å²) in [7, 11) is -1.66. The summed E-state index contributed by atoms with van der Waals surface area (Å²) in [6, 6.07) is 3.50. The molecule has 1 spiro atoms. The zero-order valence-corrected chi connectivity index (χ0v) is 38.0. The van der Waals surface area contributed by atoms with Crippen LogP contribution in [0.3, 0.4) is 0 Å². The number of rotatable bonds is 8. The zero-order valence-electron chi connectivity index (χ0n) is 37.0. The molecule has 328 valence electrons. The highest BCUT2D eigenvalue weighted by Crippen LogP contribution is 2.54. The van der Waals surface area contributed by atoms with Crippen molar-refractivity contribution in [1.29, 1.82) is 0 Å². The minimum atomic E-state index is -1.66. The maximum Gasteiger partial charge on any atom is 0.191 e. The molecule has 58 heavy (non-hydrogen) atoms. The lowest BCUT2D eigenvalue weighted by atomic mass is 9.78. The van der Waals surface area contributed by atoms with Crippen molar-refractivity contribution < 1.29 is 42.7 Å². The van der Waals surface area contributed by atoms with Crippen molar-refractivity contribution in [2.75, 3.05) is 6.61 Å². The third-order valence-corrected chi connectivity index (χ3v) is 21.1. The fourth-order valence-electron chi connectivity index (χ4n) is 12.4. The Kier molecular flexibility index (Phi) is 13.6. The normalized spacial score (nSPS) is 48.2. The summed E-state index contributed by atoms with van der Waals surface area (Å²) in [6.45, 7) is 26.0. The Hall–Kier alpha value is -0.923. The van der Waals surface area contributed by atoms with Gasteiger partial charge in [-0.05, 0) is 111 Å². The van der Waals surface area contributed by atoms with Crippen LogP contribution in [0.15, 0.2) is 36.5 Å². The molecule has 0 radical (unpaired) electrons. The van der Waals surface area contributed by atoms with Gasteiger partial charge in [0.15, 0.2) is 14.1 Å². The average Bonchev–Trinajstić information content (AvgIpc) is 3.87. The molecule has 0 aliphatic carbocycles. The van der Waals surface area contributed by atoms with E-state index in [-0.39, 0.29) is 85.1 Å². The predicted octanol–water partition coefficient (Wildman–Crippen LogP) is 9.22. The molecule has 0 aromatic carbocycles. The Morgan fingerprint density at radius 2 is 1.48 bits per heavy atom. The number of fused-ring (bicyclic) bond motifs is 6. The van der Waals surface area contributed by atoms with Crippen molar-refractivity contribution in [3.8, 4) is 0 Å². The van der Waals surface area contributed by atoms with Crippen molar-refractivity contribution in [3.05, 3.63) is 36.5 Å². The zero-order chi connectivity index (χ0) is 40.9. The average molecular weight is 827 g/mol. The fraction of sp³-hybridized carbons (Fsp3) is 0.875. The SMILES string of the molecule is C=C1C[C@@H]2CC[C@@]34C[C@H]5O[C@@H]6[C@@H](O[C@@H](C/C=C/CC(O)C[C@H]7C(C[C@H]8O[C@@H](CCC1O2)C[C@@H](C)C8=C)OC(C[C@H](C)CO[Si](CC)(CC)CC)[C@@H]7C)[C@H](C)[C@@H]6O3)[C@H]5O4. The summed E-state index contributed by atoms with van der Waals surface area (Å²) in [5.74, 6) is 0.798. The van der Waals surface area contributed by atoms with Gasteiger partial charge in [-0.3, -0.25) is 0 Å². The van der Waals surface area contributed by atoms with Crippen LogP contribution < -0.4 is 0 Å². The van der Waals surface area contributed by atoms with Gasteiger partial charge < -0.3 is 42.7 Å². The van der Waals surface area contributed by atoms with Gasteiger partial charge in [0.25, 0.3) is 0 Å². The lowest BCUT2D eigenvalue weighted by molar-refractivity contribution is -0.262. The van der Waals surface area contributed by atoms with E-state index in [1.54, 1.807) is 0 Å². The van der Waals surface area contributed by atoms with Gasteiger partial charge in [-0.1, -0.05) is 73.8 Å². The second kappa shape index (κ2) is 18.1. The molecule has 8 saturated heterocycles. The summed E-state index contributed by atoms with van der Waals surface area (Å²) < 4.78 is 54.8. The third-order valence-electron chi connectivity index (χ3n) is 16.5. The van der Waals surface area contributed by atoms with Crippen LogP contribution in [0, 0.1) is 29.6 Å². The Balaban J connectivity index is 0.996. The number of aliphatic hydroxyl groups is 1. The first-order chi connectivity index (χ1) is 27.8. The van der Waals surface area contributed by atoms with Gasteiger partial charge in [0, 0.05) is 31.8 Å². The highest BCUT2D eigenvalue weighted by molar-refractivity contribution is 6.73. The van der Waals surface area contributed by atoms with Crippen LogP contribution >= 0.6 is 0 Å². The van der Waals surface area contributed by atoms with Crippen LogP contribution in [0.25, 0.3) is 0 Å². The maximum absolute atomic E-state index is 11.7. The van der Waals surface area contributed by atoms with Crippen molar-refractivity contribution in [2.45, 2.75) is 229 Å². The standard InChI is InChI=1S/C48H78O9Si/c1-10-58(11-2,12-3)50-27-28(4)21-40-32(8)37-24-34(49)15-13-14-16-39-33(9)44-46-47(54-39)45-43(55-46)26-48(56-44,57-45)20-19-36-23-30(6)38(51-36)18-17-35-22-29(5)31(7)41(52-35)25-42(37)53-40/h13-14,28-29,32-47,49H,6-7,10-12,15-27H2,1-5,8-9H3/b14-13+/t28-,29+,32+,33-,34?,35-,36-,37+,38?,39-,40?,41+,42?,43+,44-,45-,46-,47-,48+/m0/s1. The molecule has 8 fully saturated rings. The van der Waals surface area contributed by atoms with Crippen molar-refractivity contribution in [3.63, 3.8) is 0 Å². The molecule has 0 amide bonds. The first-order valence-corrected chi connectivity index (χ1v) is 26.3. The van der Waals surface area contributed by atoms with Crippen molar-refractivity contribution >= 4 is 8.32 Å². The lowest BCUT2D eigenvalue weighted by Crippen LogP contribution is -2.54. The Labute approximate surface area is 351 Å². The van der Waals surface area contributed by atoms with E-state index in [1.165, 1.54) is 29.3 Å². The monoisotopic (exact) mass is 827 g/mol. The number of aliphatic hydroxyl groups excluding tert-OH is 1. The van der Waals surface area contributed by atoms with Crippen molar-refractivity contribution in [2.24, 2.45) is 29.6 Å². The Bertz CT molecular complexity index is 1460. The van der Waals surface area contributed by atoms with Gasteiger partial charge in [0.05, 0.1) is 61.0 Å². The van der Waals surface area contributed by atoms with Crippen LogP contribution in [0.2, 0.25) is 18.1 Å². The molecule has 9 heterocycles. The second-order valence-electron chi connectivity index (χ2n) is 20.3. The first kappa shape index (κ1) is 43.7. The van der Waals surface area contributed by atoms with Crippen LogP contribution in [0.1, 0.15) is 126 Å². The molecule has 0 saturated carbocycles. The summed E-state index contributed by atoms with van der Waals surface area (Å²) in [5.41, 5.74) is 2.37. The Morgan fingerprint density at radius 3 is 2.26 bits per heavy atom. The van der Waals surface area contributed by atoms with Gasteiger partial charge in [0.2, 0.25) is 0 Å². The van der Waals surface area contributed by atoms with E-state index in [1.807, 2.05) is 0 Å². The molecule has 9 aliphatic heterocycles. The Morgan fingerprint density at radius 1 is 0.776 bits per heavy atom. The van der Waals surface area contributed by atoms with Crippen LogP contribution in [-0.2, 0) is 37.6 Å². The summed E-state index contributed by atoms with van der Waals surface area (Å²) in [5, 5.41) is 11.7. The van der Waals surface area contributed by atoms with Crippen LogP contribution in [0.4, 0.5) is 0 Å². The van der Waals surface area contributed by atoms with Gasteiger partial charge >= 0.3 is 0 Å². The molecule has 9 aliphatic rings. The highest BCUT2D eigenvalue weighted by Gasteiger charge is 2.67. The summed E-state index contributed by atoms with van der Waals surface area (Å²) >= 11 is 0. The molecule has 19 atom stereocenters. The molecular weight excluding hydrogens is 749 g/mol. The minimum absolute atomic E-state index is 0.00348. The van der Waals surface area contributed by atoms with E-state index in [0.29, 0.717) is 30.6 Å². The van der Waals surface area contributed by atoms with E-state index < -0.39 is 20.2 Å². The number of ether oxygens (including phenoxy) is 7. The molecule has 1 N–H and O–H groups in total. The van der Waals surface area contributed by atoms with Crippen LogP contribution in [-0.4, -0.2) is 105 Å². The van der Waals surface area contributed by atoms with Gasteiger partial charge in [-0.2, -0.15) is 0 Å². The fourth-order valence-corrected chi connectivity index (χ4v) is 15.1. The van der Waals surface area contributed by atoms with E-state index in [0.717, 1.165) is 70.8 Å². The molecule has 9 rings (SSSR count). The first-order valence-electron chi connectivity index (χ1n) is 23.8. The third kappa shape index (κ3) is 8.83. The van der Waals surface area contributed by atoms with E-state index in [4.69, 9.17) is 37.6 Å². The van der Waals surface area contributed by atoms with Crippen LogP contribution in [0.5, 0.6) is 0 Å². The predicted molar refractivity (Wildman–Crippen MR) is 228 cm³/mol. The largest absolute Gasteiger partial charge is 0.417 e. The van der Waals surface area contributed by atoms with Gasteiger partial charge in [-0.25, -0.2) is 0 Å². The smallest absolute Gasteiger partial charge is 0.191 e. The number of hydrogen-bond acceptors (Lipinski definition) is 9. The molecular formula is C48H78O9Si. The van der Waals surface area contributed by atoms with E-state index in [2.05, 4.69) is 73.8 Å². The number of hydrogen-bond donors (Lipinski definition) is 1. The van der Waals surface area contributed by atoms with E-state index in [9.17, 15) is 5.11 Å². The molecule has 0 aromatic heterocycles. The molecule has 0 aromatic rings. The minimum Gasteiger partial charge on any atom is -0.417 e. The van der Waals surface area contributed by atoms with Gasteiger partial charge in [0.1, 0.15) is 18.3 Å². The van der Waals surface area contributed by atoms with Gasteiger partial charge in [-0.15, -0.1) is 0 Å². The topological polar surface area (TPSA) is 94.1 Å². The molecule has 9 nitrogen and oxygen atoms in total. The van der Waals surface area contributed by atoms with E-state index >= 15 is 0 Å². The molecule has 10 heteroatoms. The molecule has 4 unspecified atom stereocenters. The second-order valence-corrected chi connectivity index (χ2v) is 25.1. The molecule has 11 bridgehead atoms. The quantitative estimate of drug-likeness (QED) is 0.190. The summed E-state index contributed by atoms with van der Waals surface area (Å²) in [6.07, 6.45) is 13.8. The lowest BCUT2D eigenvalue weighted by Gasteiger charge is -2.42. The maximum atomic E-state index is 11.7.